The van der Waals surface area contributed by atoms with Gasteiger partial charge in [-0.2, -0.15) is 0 Å². The zero-order valence-corrected chi connectivity index (χ0v) is 11.4. The van der Waals surface area contributed by atoms with E-state index in [4.69, 9.17) is 0 Å². The third kappa shape index (κ3) is 3.41. The molecule has 1 unspecified atom stereocenters. The summed E-state index contributed by atoms with van der Waals surface area (Å²) in [5.41, 5.74) is 2.18. The van der Waals surface area contributed by atoms with Gasteiger partial charge >= 0.3 is 0 Å². The van der Waals surface area contributed by atoms with Crippen LogP contribution in [0.3, 0.4) is 0 Å². The van der Waals surface area contributed by atoms with E-state index < -0.39 is 0 Å². The minimum absolute atomic E-state index is 0.0910. The van der Waals surface area contributed by atoms with E-state index in [1.54, 1.807) is 0 Å². The van der Waals surface area contributed by atoms with E-state index in [2.05, 4.69) is 74.5 Å². The molecule has 1 atom stereocenters. The van der Waals surface area contributed by atoms with Gasteiger partial charge in [0.2, 0.25) is 0 Å². The van der Waals surface area contributed by atoms with Crippen LogP contribution in [0, 0.1) is 0 Å². The molecule has 0 radical (unpaired) electrons. The first-order valence-corrected chi connectivity index (χ1v) is 7.72. The molecule has 0 saturated heterocycles. The predicted octanol–water partition coefficient (Wildman–Crippen LogP) is 4.40. The summed E-state index contributed by atoms with van der Waals surface area (Å²) < 4.78 is 0. The average Bonchev–Trinajstić information content (AvgIpc) is 2.38. The molecular weight excluding hydrogens is 223 g/mol. The Morgan fingerprint density at radius 1 is 0.824 bits per heavy atom. The standard InChI is InChI=1S/C16H19P/c1-14(2)17(16-11-7-4-8-12-16)13-15-9-5-3-6-10-15/h3-12,14H,13H2,1-2H3. The number of benzene rings is 2. The van der Waals surface area contributed by atoms with Crippen LogP contribution in [-0.4, -0.2) is 5.66 Å². The molecule has 0 spiro atoms. The molecule has 0 aromatic heterocycles. The molecule has 2 aromatic carbocycles. The predicted molar refractivity (Wildman–Crippen MR) is 78.3 cm³/mol. The van der Waals surface area contributed by atoms with E-state index in [0.29, 0.717) is 0 Å². The molecule has 2 aromatic rings. The van der Waals surface area contributed by atoms with Crippen molar-refractivity contribution >= 4 is 13.2 Å². The van der Waals surface area contributed by atoms with E-state index in [-0.39, 0.29) is 7.92 Å². The van der Waals surface area contributed by atoms with Gasteiger partial charge in [-0.3, -0.25) is 0 Å². The second kappa shape index (κ2) is 5.98. The summed E-state index contributed by atoms with van der Waals surface area (Å²) in [7, 11) is -0.0910. The number of hydrogen-bond acceptors (Lipinski definition) is 0. The molecular formula is C16H19P. The molecule has 1 heteroatoms. The Morgan fingerprint density at radius 3 is 1.88 bits per heavy atom. The molecule has 0 nitrogen and oxygen atoms in total. The molecule has 2 rings (SSSR count). The molecule has 0 amide bonds. The topological polar surface area (TPSA) is 0 Å². The Labute approximate surface area is 105 Å². The Bertz CT molecular complexity index is 434. The van der Waals surface area contributed by atoms with E-state index in [1.165, 1.54) is 17.0 Å². The van der Waals surface area contributed by atoms with Gasteiger partial charge in [0.15, 0.2) is 0 Å². The van der Waals surface area contributed by atoms with E-state index in [1.807, 2.05) is 0 Å². The highest BCUT2D eigenvalue weighted by Crippen LogP contribution is 2.43. The van der Waals surface area contributed by atoms with Crippen molar-refractivity contribution in [1.82, 2.24) is 0 Å². The first-order chi connectivity index (χ1) is 8.27. The fourth-order valence-corrected chi connectivity index (χ4v) is 4.27. The maximum atomic E-state index is 2.33. The molecule has 0 N–H and O–H groups in total. The van der Waals surface area contributed by atoms with Gasteiger partial charge in [0.25, 0.3) is 0 Å². The third-order valence-electron chi connectivity index (χ3n) is 2.91. The Balaban J connectivity index is 2.20. The van der Waals surface area contributed by atoms with Crippen LogP contribution in [0.15, 0.2) is 60.7 Å². The highest BCUT2D eigenvalue weighted by molar-refractivity contribution is 7.65. The van der Waals surface area contributed by atoms with Crippen molar-refractivity contribution in [2.24, 2.45) is 0 Å². The zero-order chi connectivity index (χ0) is 12.1. The summed E-state index contributed by atoms with van der Waals surface area (Å²) in [6.45, 7) is 4.67. The van der Waals surface area contributed by atoms with Gasteiger partial charge in [0.05, 0.1) is 0 Å². The molecule has 0 fully saturated rings. The summed E-state index contributed by atoms with van der Waals surface area (Å²) in [6, 6.07) is 21.8. The molecule has 0 heterocycles. The summed E-state index contributed by atoms with van der Waals surface area (Å²) >= 11 is 0. The van der Waals surface area contributed by atoms with E-state index in [9.17, 15) is 0 Å². The van der Waals surface area contributed by atoms with Crippen molar-refractivity contribution in [3.63, 3.8) is 0 Å². The largest absolute Gasteiger partial charge is 0.0682 e. The quantitative estimate of drug-likeness (QED) is 0.697. The smallest absolute Gasteiger partial charge is 0.00305 e. The van der Waals surface area contributed by atoms with Crippen LogP contribution in [0.1, 0.15) is 19.4 Å². The van der Waals surface area contributed by atoms with E-state index in [0.717, 1.165) is 5.66 Å². The van der Waals surface area contributed by atoms with Crippen LogP contribution in [0.2, 0.25) is 0 Å². The van der Waals surface area contributed by atoms with Crippen LogP contribution in [-0.2, 0) is 6.16 Å². The third-order valence-corrected chi connectivity index (χ3v) is 5.82. The van der Waals surface area contributed by atoms with Crippen molar-refractivity contribution in [3.05, 3.63) is 66.2 Å². The Morgan fingerprint density at radius 2 is 1.35 bits per heavy atom. The lowest BCUT2D eigenvalue weighted by atomic mass is 10.2. The zero-order valence-electron chi connectivity index (χ0n) is 10.5. The summed E-state index contributed by atoms with van der Waals surface area (Å²) in [5, 5.41) is 1.52. The lowest BCUT2D eigenvalue weighted by Crippen LogP contribution is -2.09. The lowest BCUT2D eigenvalue weighted by molar-refractivity contribution is 1.08. The fourth-order valence-electron chi connectivity index (χ4n) is 1.97. The lowest BCUT2D eigenvalue weighted by Gasteiger charge is -2.22. The van der Waals surface area contributed by atoms with Gasteiger partial charge in [-0.25, -0.2) is 0 Å². The van der Waals surface area contributed by atoms with Crippen LogP contribution >= 0.6 is 7.92 Å². The number of rotatable bonds is 4. The number of hydrogen-bond donors (Lipinski definition) is 0. The summed E-state index contributed by atoms with van der Waals surface area (Å²) in [4.78, 5) is 0. The molecule has 0 saturated carbocycles. The second-order valence-corrected chi connectivity index (χ2v) is 7.35. The molecule has 0 bridgehead atoms. The Kier molecular flexibility index (Phi) is 4.34. The SMILES string of the molecule is CC(C)P(Cc1ccccc1)c1ccccc1. The highest BCUT2D eigenvalue weighted by Gasteiger charge is 2.14. The van der Waals surface area contributed by atoms with Gasteiger partial charge in [0, 0.05) is 0 Å². The van der Waals surface area contributed by atoms with Crippen LogP contribution < -0.4 is 5.30 Å². The second-order valence-electron chi connectivity index (χ2n) is 4.54. The normalized spacial score (nSPS) is 12.6. The highest BCUT2D eigenvalue weighted by atomic mass is 31.1. The maximum absolute atomic E-state index is 2.33. The van der Waals surface area contributed by atoms with Gasteiger partial charge < -0.3 is 0 Å². The maximum Gasteiger partial charge on any atom is -0.00305 e. The fraction of sp³-hybridized carbons (Fsp3) is 0.250. The molecule has 88 valence electrons. The van der Waals surface area contributed by atoms with Crippen LogP contribution in [0.25, 0.3) is 0 Å². The van der Waals surface area contributed by atoms with Crippen molar-refractivity contribution < 1.29 is 0 Å². The summed E-state index contributed by atoms with van der Waals surface area (Å²) in [5.74, 6) is 0. The molecule has 17 heavy (non-hydrogen) atoms. The van der Waals surface area contributed by atoms with Crippen molar-refractivity contribution in [2.45, 2.75) is 25.7 Å². The van der Waals surface area contributed by atoms with Crippen LogP contribution in [0.4, 0.5) is 0 Å². The molecule has 0 aliphatic heterocycles. The van der Waals surface area contributed by atoms with Gasteiger partial charge in [-0.1, -0.05) is 82.4 Å². The first-order valence-electron chi connectivity index (χ1n) is 6.13. The monoisotopic (exact) mass is 242 g/mol. The Hall–Kier alpha value is -1.13. The van der Waals surface area contributed by atoms with Crippen LogP contribution in [0.5, 0.6) is 0 Å². The van der Waals surface area contributed by atoms with Gasteiger partial charge in [0.1, 0.15) is 0 Å². The van der Waals surface area contributed by atoms with Gasteiger partial charge in [-0.05, 0) is 22.7 Å². The molecule has 0 aliphatic carbocycles. The van der Waals surface area contributed by atoms with Crippen molar-refractivity contribution in [3.8, 4) is 0 Å². The summed E-state index contributed by atoms with van der Waals surface area (Å²) in [6.07, 6.45) is 1.19. The van der Waals surface area contributed by atoms with Crippen molar-refractivity contribution in [1.29, 1.82) is 0 Å². The minimum Gasteiger partial charge on any atom is -0.0682 e. The average molecular weight is 242 g/mol. The van der Waals surface area contributed by atoms with Crippen molar-refractivity contribution in [2.75, 3.05) is 0 Å². The van der Waals surface area contributed by atoms with E-state index >= 15 is 0 Å². The van der Waals surface area contributed by atoms with Gasteiger partial charge in [-0.15, -0.1) is 0 Å². The first kappa shape index (κ1) is 12.3. The molecule has 0 aliphatic rings. The minimum atomic E-state index is -0.0910.